The van der Waals surface area contributed by atoms with E-state index in [0.717, 1.165) is 0 Å². The second-order valence-corrected chi connectivity index (χ2v) is 4.84. The van der Waals surface area contributed by atoms with Crippen molar-refractivity contribution in [2.75, 3.05) is 13.2 Å². The number of carbonyl (C=O) groups is 2. The fourth-order valence-corrected chi connectivity index (χ4v) is 1.62. The minimum Gasteiger partial charge on any atom is -0.394 e. The van der Waals surface area contributed by atoms with Gasteiger partial charge in [-0.05, 0) is 0 Å². The van der Waals surface area contributed by atoms with Crippen molar-refractivity contribution in [1.82, 2.24) is 0 Å². The Morgan fingerprint density at radius 3 is 1.91 bits per heavy atom. The Kier molecular flexibility index (Phi) is 10.2. The summed E-state index contributed by atoms with van der Waals surface area (Å²) < 4.78 is 4.75. The van der Waals surface area contributed by atoms with E-state index in [1.807, 2.05) is 0 Å². The van der Waals surface area contributed by atoms with Gasteiger partial charge in [-0.2, -0.15) is 0 Å². The molecule has 8 N–H and O–H groups in total. The van der Waals surface area contributed by atoms with Crippen LogP contribution < -0.4 is 0 Å². The van der Waals surface area contributed by atoms with Gasteiger partial charge in [0.1, 0.15) is 48.8 Å². The first-order valence-corrected chi connectivity index (χ1v) is 6.60. The van der Waals surface area contributed by atoms with E-state index < -0.39 is 55.4 Å². The fraction of sp³-hybridized carbons (Fsp3) is 0.833. The van der Waals surface area contributed by atoms with Gasteiger partial charge in [0.05, 0.1) is 13.2 Å². The summed E-state index contributed by atoms with van der Waals surface area (Å²) in [5.41, 5.74) is 0. The van der Waals surface area contributed by atoms with Gasteiger partial charge in [0.15, 0.2) is 12.6 Å². The molecule has 0 unspecified atom stereocenters. The molecule has 1 fully saturated rings. The third kappa shape index (κ3) is 6.55. The highest BCUT2D eigenvalue weighted by atomic mass is 16.5. The molecule has 11 nitrogen and oxygen atoms in total. The Labute approximate surface area is 131 Å². The van der Waals surface area contributed by atoms with Crippen LogP contribution in [0.1, 0.15) is 0 Å². The molecule has 8 atom stereocenters. The van der Waals surface area contributed by atoms with Crippen LogP contribution in [0.5, 0.6) is 0 Å². The molecule has 1 saturated heterocycles. The first kappa shape index (κ1) is 22.0. The standard InChI is InChI=1S/C6H12O6.C6H10O5/c7-1-3(9)5(11)6(12)4(10)2-8;7-1-3(8)6-5(10)4(9)2-11-6/h1,3-6,8-12H,2H2;1,3-6,8-10H,2H2/t3-,4+,5+,6-;3-,4+,5-,6+/m01/s1. The van der Waals surface area contributed by atoms with E-state index >= 15 is 0 Å². The molecule has 0 bridgehead atoms. The minimum absolute atomic E-state index is 0.0258. The highest BCUT2D eigenvalue weighted by Crippen LogP contribution is 2.16. The molecule has 23 heavy (non-hydrogen) atoms. The molecule has 1 aliphatic heterocycles. The fourth-order valence-electron chi connectivity index (χ4n) is 1.62. The number of aliphatic hydroxyl groups is 8. The number of hydrogen-bond acceptors (Lipinski definition) is 11. The predicted molar refractivity (Wildman–Crippen MR) is 71.0 cm³/mol. The lowest BCUT2D eigenvalue weighted by molar-refractivity contribution is -0.136. The Hall–Kier alpha value is -1.02. The number of aliphatic hydroxyl groups excluding tert-OH is 8. The van der Waals surface area contributed by atoms with Gasteiger partial charge in [-0.25, -0.2) is 0 Å². The minimum atomic E-state index is -1.79. The number of ether oxygens (including phenoxy) is 1. The molecule has 1 aliphatic rings. The van der Waals surface area contributed by atoms with Gasteiger partial charge >= 0.3 is 0 Å². The van der Waals surface area contributed by atoms with Crippen molar-refractivity contribution in [3.8, 4) is 0 Å². The van der Waals surface area contributed by atoms with E-state index in [9.17, 15) is 9.59 Å². The van der Waals surface area contributed by atoms with Crippen LogP contribution in [0.25, 0.3) is 0 Å². The molecule has 0 saturated carbocycles. The van der Waals surface area contributed by atoms with E-state index in [-0.39, 0.29) is 19.2 Å². The Morgan fingerprint density at radius 2 is 1.57 bits per heavy atom. The molecular weight excluding hydrogens is 320 g/mol. The lowest BCUT2D eigenvalue weighted by Crippen LogP contribution is -2.46. The maximum Gasteiger partial charge on any atom is 0.151 e. The maximum atomic E-state index is 10.0. The monoisotopic (exact) mass is 342 g/mol. The summed E-state index contributed by atoms with van der Waals surface area (Å²) in [5.74, 6) is 0. The van der Waals surface area contributed by atoms with Crippen molar-refractivity contribution in [3.63, 3.8) is 0 Å². The quantitative estimate of drug-likeness (QED) is 0.205. The van der Waals surface area contributed by atoms with Crippen LogP contribution in [-0.2, 0) is 14.3 Å². The van der Waals surface area contributed by atoms with Crippen molar-refractivity contribution >= 4 is 12.6 Å². The SMILES string of the molecule is O=C[C@@H](O)[C@@H]1OC[C@H](O)[C@H]1O.O=C[C@H](O)[C@@H](O)[C@@H](O)[C@H](O)CO. The van der Waals surface area contributed by atoms with Crippen LogP contribution in [0, 0.1) is 0 Å². The lowest BCUT2D eigenvalue weighted by atomic mass is 10.0. The number of hydrogen-bond donors (Lipinski definition) is 8. The normalized spacial score (nSPS) is 30.3. The van der Waals surface area contributed by atoms with E-state index in [0.29, 0.717) is 0 Å². The summed E-state index contributed by atoms with van der Waals surface area (Å²) in [6, 6.07) is 0. The summed E-state index contributed by atoms with van der Waals surface area (Å²) in [6.07, 6.45) is -11.1. The van der Waals surface area contributed by atoms with Crippen molar-refractivity contribution in [2.24, 2.45) is 0 Å². The van der Waals surface area contributed by atoms with Gasteiger partial charge in [0.2, 0.25) is 0 Å². The van der Waals surface area contributed by atoms with E-state index in [4.69, 9.17) is 45.6 Å². The third-order valence-electron chi connectivity index (χ3n) is 3.09. The predicted octanol–water partition coefficient (Wildman–Crippen LogP) is -5.71. The maximum absolute atomic E-state index is 10.0. The molecular formula is C12H22O11. The summed E-state index contributed by atoms with van der Waals surface area (Å²) in [4.78, 5) is 19.9. The van der Waals surface area contributed by atoms with Crippen molar-refractivity contribution < 1.29 is 55.2 Å². The molecule has 0 radical (unpaired) electrons. The van der Waals surface area contributed by atoms with Crippen molar-refractivity contribution in [1.29, 1.82) is 0 Å². The molecule has 0 spiro atoms. The number of carbonyl (C=O) groups excluding carboxylic acids is 2. The summed E-state index contributed by atoms with van der Waals surface area (Å²) in [7, 11) is 0. The topological polar surface area (TPSA) is 205 Å². The van der Waals surface area contributed by atoms with Crippen LogP contribution in [0.3, 0.4) is 0 Å². The first-order chi connectivity index (χ1) is 10.7. The molecule has 0 aromatic heterocycles. The molecule has 0 amide bonds. The van der Waals surface area contributed by atoms with Crippen LogP contribution in [0.4, 0.5) is 0 Å². The highest BCUT2D eigenvalue weighted by Gasteiger charge is 2.38. The zero-order chi connectivity index (χ0) is 18.2. The average Bonchev–Trinajstić information content (AvgIpc) is 2.91. The molecule has 0 aromatic carbocycles. The Balaban J connectivity index is 0.000000422. The second kappa shape index (κ2) is 10.7. The molecule has 1 rings (SSSR count). The van der Waals surface area contributed by atoms with Gasteiger partial charge in [0, 0.05) is 0 Å². The van der Waals surface area contributed by atoms with Crippen LogP contribution in [-0.4, -0.2) is 115 Å². The van der Waals surface area contributed by atoms with Crippen LogP contribution in [0.2, 0.25) is 0 Å². The molecule has 0 aliphatic carbocycles. The molecule has 11 heteroatoms. The first-order valence-electron chi connectivity index (χ1n) is 6.60. The number of aldehydes is 2. The molecule has 0 aromatic rings. The highest BCUT2D eigenvalue weighted by molar-refractivity contribution is 5.57. The Morgan fingerprint density at radius 1 is 1.00 bits per heavy atom. The number of rotatable bonds is 7. The van der Waals surface area contributed by atoms with Crippen LogP contribution in [0.15, 0.2) is 0 Å². The van der Waals surface area contributed by atoms with Gasteiger partial charge in [0.25, 0.3) is 0 Å². The van der Waals surface area contributed by atoms with Gasteiger partial charge < -0.3 is 55.2 Å². The summed E-state index contributed by atoms with van der Waals surface area (Å²) >= 11 is 0. The second-order valence-electron chi connectivity index (χ2n) is 4.84. The third-order valence-corrected chi connectivity index (χ3v) is 3.09. The smallest absolute Gasteiger partial charge is 0.151 e. The van der Waals surface area contributed by atoms with E-state index in [1.165, 1.54) is 0 Å². The van der Waals surface area contributed by atoms with E-state index in [2.05, 4.69) is 0 Å². The summed E-state index contributed by atoms with van der Waals surface area (Å²) in [5, 5.41) is 70.4. The largest absolute Gasteiger partial charge is 0.394 e. The summed E-state index contributed by atoms with van der Waals surface area (Å²) in [6.45, 7) is -0.805. The molecule has 136 valence electrons. The van der Waals surface area contributed by atoms with Gasteiger partial charge in [-0.1, -0.05) is 0 Å². The van der Waals surface area contributed by atoms with Crippen molar-refractivity contribution in [2.45, 2.75) is 48.8 Å². The van der Waals surface area contributed by atoms with Crippen molar-refractivity contribution in [3.05, 3.63) is 0 Å². The van der Waals surface area contributed by atoms with Gasteiger partial charge in [-0.15, -0.1) is 0 Å². The lowest BCUT2D eigenvalue weighted by Gasteiger charge is -2.22. The van der Waals surface area contributed by atoms with E-state index in [1.54, 1.807) is 0 Å². The molecule has 1 heterocycles. The Bertz CT molecular complexity index is 352. The average molecular weight is 342 g/mol. The van der Waals surface area contributed by atoms with Crippen LogP contribution >= 0.6 is 0 Å². The zero-order valence-electron chi connectivity index (χ0n) is 12.0. The zero-order valence-corrected chi connectivity index (χ0v) is 12.0. The van der Waals surface area contributed by atoms with Gasteiger partial charge in [-0.3, -0.25) is 0 Å².